The molecule has 0 radical (unpaired) electrons. The fourth-order valence-electron chi connectivity index (χ4n) is 1.12. The summed E-state index contributed by atoms with van der Waals surface area (Å²) in [6.07, 6.45) is 1.68. The van der Waals surface area contributed by atoms with E-state index in [1.807, 2.05) is 18.2 Å². The van der Waals surface area contributed by atoms with Crippen LogP contribution >= 0.6 is 22.9 Å². The topological polar surface area (TPSA) is 42.9 Å². The number of halogens is 1. The maximum atomic E-state index is 11.2. The second-order valence-electron chi connectivity index (χ2n) is 2.91. The van der Waals surface area contributed by atoms with Crippen molar-refractivity contribution >= 4 is 28.7 Å². The van der Waals surface area contributed by atoms with Crippen LogP contribution in [0.1, 0.15) is 17.4 Å². The average molecular weight is 239 g/mol. The van der Waals surface area contributed by atoms with Gasteiger partial charge in [0.2, 0.25) is 0 Å². The Hall–Kier alpha value is -1.26. The number of nitrogens with zero attached hydrogens (tertiary/aromatic N) is 2. The Morgan fingerprint density at radius 3 is 2.80 bits per heavy atom. The lowest BCUT2D eigenvalue weighted by molar-refractivity contribution is 0.101. The molecule has 0 saturated heterocycles. The van der Waals surface area contributed by atoms with Crippen LogP contribution in [-0.4, -0.2) is 15.8 Å². The summed E-state index contributed by atoms with van der Waals surface area (Å²) >= 11 is 7.16. The molecule has 76 valence electrons. The summed E-state index contributed by atoms with van der Waals surface area (Å²) in [5, 5.41) is 0.672. The van der Waals surface area contributed by atoms with E-state index < -0.39 is 0 Å². The summed E-state index contributed by atoms with van der Waals surface area (Å²) < 4.78 is 0.420. The smallest absolute Gasteiger partial charge is 0.180 e. The van der Waals surface area contributed by atoms with Gasteiger partial charge in [0.1, 0.15) is 15.0 Å². The molecular weight excluding hydrogens is 232 g/mol. The Morgan fingerprint density at radius 2 is 2.27 bits per heavy atom. The van der Waals surface area contributed by atoms with E-state index in [-0.39, 0.29) is 5.78 Å². The third-order valence-electron chi connectivity index (χ3n) is 1.80. The van der Waals surface area contributed by atoms with E-state index in [1.165, 1.54) is 18.3 Å². The molecule has 0 amide bonds. The zero-order valence-electron chi connectivity index (χ0n) is 7.90. The second kappa shape index (κ2) is 4.08. The maximum Gasteiger partial charge on any atom is 0.180 e. The second-order valence-corrected chi connectivity index (χ2v) is 4.51. The van der Waals surface area contributed by atoms with E-state index in [0.29, 0.717) is 15.0 Å². The normalized spacial score (nSPS) is 10.3. The molecule has 0 aliphatic rings. The Morgan fingerprint density at radius 1 is 1.47 bits per heavy atom. The molecular formula is C10H7ClN2OS. The molecule has 0 spiro atoms. The number of Topliss-reactive ketones (excluding diaryl/α,β-unsaturated/α-hetero) is 1. The van der Waals surface area contributed by atoms with Gasteiger partial charge in [0.25, 0.3) is 0 Å². The van der Waals surface area contributed by atoms with Gasteiger partial charge in [-0.15, -0.1) is 0 Å². The SMILES string of the molecule is CC(=O)c1nc(-c2ccccn2)sc1Cl. The minimum absolute atomic E-state index is 0.126. The molecule has 0 aromatic carbocycles. The van der Waals surface area contributed by atoms with Crippen LogP contribution in [0.4, 0.5) is 0 Å². The van der Waals surface area contributed by atoms with Gasteiger partial charge >= 0.3 is 0 Å². The summed E-state index contributed by atoms with van der Waals surface area (Å²) in [4.78, 5) is 19.4. The van der Waals surface area contributed by atoms with Crippen LogP contribution in [0, 0.1) is 0 Å². The molecule has 0 unspecified atom stereocenters. The summed E-state index contributed by atoms with van der Waals surface area (Å²) in [6.45, 7) is 1.45. The average Bonchev–Trinajstić information content (AvgIpc) is 2.62. The predicted molar refractivity (Wildman–Crippen MR) is 60.4 cm³/mol. The highest BCUT2D eigenvalue weighted by Gasteiger charge is 2.14. The number of pyridine rings is 1. The van der Waals surface area contributed by atoms with Gasteiger partial charge in [0, 0.05) is 13.1 Å². The van der Waals surface area contributed by atoms with E-state index in [2.05, 4.69) is 9.97 Å². The van der Waals surface area contributed by atoms with Crippen molar-refractivity contribution in [1.29, 1.82) is 0 Å². The number of ketones is 1. The van der Waals surface area contributed by atoms with Gasteiger partial charge < -0.3 is 0 Å². The number of rotatable bonds is 2. The number of thiazole rings is 1. The number of hydrogen-bond donors (Lipinski definition) is 0. The lowest BCUT2D eigenvalue weighted by atomic mass is 10.3. The molecule has 5 heteroatoms. The third kappa shape index (κ3) is 2.06. The van der Waals surface area contributed by atoms with Crippen molar-refractivity contribution in [3.8, 4) is 10.7 Å². The van der Waals surface area contributed by atoms with E-state index in [9.17, 15) is 4.79 Å². The quantitative estimate of drug-likeness (QED) is 0.756. The molecule has 15 heavy (non-hydrogen) atoms. The molecule has 0 saturated carbocycles. The number of hydrogen-bond acceptors (Lipinski definition) is 4. The van der Waals surface area contributed by atoms with Crippen LogP contribution in [0.2, 0.25) is 4.34 Å². The first-order valence-electron chi connectivity index (χ1n) is 4.27. The summed E-state index contributed by atoms with van der Waals surface area (Å²) in [5.41, 5.74) is 1.05. The van der Waals surface area contributed by atoms with Gasteiger partial charge in [0.05, 0.1) is 5.69 Å². The van der Waals surface area contributed by atoms with E-state index in [4.69, 9.17) is 11.6 Å². The van der Waals surface area contributed by atoms with Crippen molar-refractivity contribution in [2.75, 3.05) is 0 Å². The Kier molecular flexibility index (Phi) is 2.79. The van der Waals surface area contributed by atoms with Gasteiger partial charge in [-0.3, -0.25) is 9.78 Å². The van der Waals surface area contributed by atoms with Crippen molar-refractivity contribution in [1.82, 2.24) is 9.97 Å². The molecule has 0 bridgehead atoms. The fraction of sp³-hybridized carbons (Fsp3) is 0.100. The van der Waals surface area contributed by atoms with Gasteiger partial charge in [-0.25, -0.2) is 4.98 Å². The number of carbonyl (C=O) groups excluding carboxylic acids is 1. The zero-order chi connectivity index (χ0) is 10.8. The standard InChI is InChI=1S/C10H7ClN2OS/c1-6(14)8-9(11)15-10(13-8)7-4-2-3-5-12-7/h2-5H,1H3. The minimum Gasteiger partial charge on any atom is -0.293 e. The highest BCUT2D eigenvalue weighted by molar-refractivity contribution is 7.19. The lowest BCUT2D eigenvalue weighted by Crippen LogP contribution is -1.92. The summed E-state index contributed by atoms with van der Waals surface area (Å²) in [6, 6.07) is 5.52. The van der Waals surface area contributed by atoms with Crippen molar-refractivity contribution in [3.05, 3.63) is 34.4 Å². The van der Waals surface area contributed by atoms with E-state index >= 15 is 0 Å². The van der Waals surface area contributed by atoms with Crippen LogP contribution in [0.3, 0.4) is 0 Å². The van der Waals surface area contributed by atoms with Crippen LogP contribution in [0.15, 0.2) is 24.4 Å². The Labute approximate surface area is 95.8 Å². The monoisotopic (exact) mass is 238 g/mol. The molecule has 0 N–H and O–H groups in total. The predicted octanol–water partition coefficient (Wildman–Crippen LogP) is 3.06. The van der Waals surface area contributed by atoms with Crippen LogP contribution in [0.25, 0.3) is 10.7 Å². The minimum atomic E-state index is -0.126. The van der Waals surface area contributed by atoms with Crippen molar-refractivity contribution in [2.45, 2.75) is 6.92 Å². The maximum absolute atomic E-state index is 11.2. The van der Waals surface area contributed by atoms with Crippen molar-refractivity contribution in [3.63, 3.8) is 0 Å². The third-order valence-corrected chi connectivity index (χ3v) is 3.08. The van der Waals surface area contributed by atoms with Crippen molar-refractivity contribution in [2.24, 2.45) is 0 Å². The molecule has 0 aliphatic heterocycles. The Bertz CT molecular complexity index is 495. The molecule has 0 aliphatic carbocycles. The van der Waals surface area contributed by atoms with Gasteiger partial charge in [0.15, 0.2) is 5.78 Å². The van der Waals surface area contributed by atoms with Crippen LogP contribution < -0.4 is 0 Å². The molecule has 2 aromatic rings. The molecule has 2 rings (SSSR count). The van der Waals surface area contributed by atoms with E-state index in [1.54, 1.807) is 6.20 Å². The van der Waals surface area contributed by atoms with Crippen LogP contribution in [-0.2, 0) is 0 Å². The molecule has 2 heterocycles. The van der Waals surface area contributed by atoms with Gasteiger partial charge in [-0.1, -0.05) is 29.0 Å². The van der Waals surface area contributed by atoms with Crippen molar-refractivity contribution < 1.29 is 4.79 Å². The molecule has 2 aromatic heterocycles. The molecule has 0 fully saturated rings. The molecule has 0 atom stereocenters. The first-order chi connectivity index (χ1) is 7.18. The number of aromatic nitrogens is 2. The summed E-state index contributed by atoms with van der Waals surface area (Å²) in [5.74, 6) is -0.126. The first kappa shape index (κ1) is 10.3. The number of carbonyl (C=O) groups is 1. The highest BCUT2D eigenvalue weighted by atomic mass is 35.5. The fourth-order valence-corrected chi connectivity index (χ4v) is 2.33. The Balaban J connectivity index is 2.48. The van der Waals surface area contributed by atoms with Gasteiger partial charge in [-0.2, -0.15) is 0 Å². The zero-order valence-corrected chi connectivity index (χ0v) is 9.47. The molecule has 3 nitrogen and oxygen atoms in total. The largest absolute Gasteiger partial charge is 0.293 e. The van der Waals surface area contributed by atoms with E-state index in [0.717, 1.165) is 5.69 Å². The lowest BCUT2D eigenvalue weighted by Gasteiger charge is -1.91. The highest BCUT2D eigenvalue weighted by Crippen LogP contribution is 2.30. The van der Waals surface area contributed by atoms with Crippen LogP contribution in [0.5, 0.6) is 0 Å². The first-order valence-corrected chi connectivity index (χ1v) is 5.46. The van der Waals surface area contributed by atoms with Gasteiger partial charge in [-0.05, 0) is 12.1 Å². The summed E-state index contributed by atoms with van der Waals surface area (Å²) in [7, 11) is 0.